The summed E-state index contributed by atoms with van der Waals surface area (Å²) < 4.78 is 5.30. The molecule has 0 saturated carbocycles. The Morgan fingerprint density at radius 2 is 2.07 bits per heavy atom. The van der Waals surface area contributed by atoms with Crippen LogP contribution in [-0.2, 0) is 9.53 Å². The Hall–Kier alpha value is -2.77. The van der Waals surface area contributed by atoms with Gasteiger partial charge in [0, 0.05) is 28.4 Å². The molecular formula is C19H16ClN3O3S. The quantitative estimate of drug-likeness (QED) is 0.618. The first kappa shape index (κ1) is 19.0. The number of rotatable bonds is 6. The number of hydrogen-bond donors (Lipinski definition) is 1. The summed E-state index contributed by atoms with van der Waals surface area (Å²) in [7, 11) is 0. The number of thiazole rings is 1. The monoisotopic (exact) mass is 401 g/mol. The Morgan fingerprint density at radius 3 is 2.78 bits per heavy atom. The second kappa shape index (κ2) is 8.75. The van der Waals surface area contributed by atoms with Crippen LogP contribution in [0, 0.1) is 0 Å². The van der Waals surface area contributed by atoms with Gasteiger partial charge in [0.15, 0.2) is 11.2 Å². The Balaban J connectivity index is 1.67. The first-order chi connectivity index (χ1) is 13.1. The first-order valence-corrected chi connectivity index (χ1v) is 9.46. The zero-order chi connectivity index (χ0) is 19.2. The van der Waals surface area contributed by atoms with Gasteiger partial charge in [-0.25, -0.2) is 9.78 Å². The molecule has 0 radical (unpaired) electrons. The van der Waals surface area contributed by atoms with Gasteiger partial charge >= 0.3 is 5.97 Å². The standard InChI is InChI=1S/C19H16ClN3O3S/c1-2-16(26-18(25)12-6-5-9-21-10-12)17(24)23-19-22-15(11-27-19)13-7-3-4-8-14(13)20/h3-11,16H,2H2,1H3,(H,22,23,24). The highest BCUT2D eigenvalue weighted by Gasteiger charge is 2.23. The molecule has 2 heterocycles. The maximum Gasteiger partial charge on any atom is 0.340 e. The van der Waals surface area contributed by atoms with E-state index in [2.05, 4.69) is 15.3 Å². The number of nitrogens with zero attached hydrogens (tertiary/aromatic N) is 2. The third kappa shape index (κ3) is 4.69. The van der Waals surface area contributed by atoms with Gasteiger partial charge in [-0.2, -0.15) is 0 Å². The van der Waals surface area contributed by atoms with Crippen molar-refractivity contribution in [2.24, 2.45) is 0 Å². The lowest BCUT2D eigenvalue weighted by molar-refractivity contribution is -0.124. The lowest BCUT2D eigenvalue weighted by atomic mass is 10.2. The average molecular weight is 402 g/mol. The number of pyridine rings is 1. The molecule has 3 rings (SSSR count). The van der Waals surface area contributed by atoms with E-state index in [-0.39, 0.29) is 0 Å². The minimum atomic E-state index is -0.926. The number of benzene rings is 1. The lowest BCUT2D eigenvalue weighted by Gasteiger charge is -2.15. The topological polar surface area (TPSA) is 81.2 Å². The van der Waals surface area contributed by atoms with Crippen LogP contribution >= 0.6 is 22.9 Å². The van der Waals surface area contributed by atoms with E-state index in [9.17, 15) is 9.59 Å². The molecule has 2 aromatic heterocycles. The molecule has 0 saturated heterocycles. The molecule has 0 spiro atoms. The molecule has 0 aliphatic rings. The van der Waals surface area contributed by atoms with Gasteiger partial charge in [0.1, 0.15) is 0 Å². The molecule has 1 N–H and O–H groups in total. The highest BCUT2D eigenvalue weighted by molar-refractivity contribution is 7.14. The van der Waals surface area contributed by atoms with Gasteiger partial charge in [-0.1, -0.05) is 36.7 Å². The van der Waals surface area contributed by atoms with E-state index in [1.165, 1.54) is 17.5 Å². The summed E-state index contributed by atoms with van der Waals surface area (Å²) in [5.41, 5.74) is 1.74. The number of amides is 1. The molecule has 1 aromatic carbocycles. The Bertz CT molecular complexity index is 946. The van der Waals surface area contributed by atoms with E-state index in [0.29, 0.717) is 27.8 Å². The second-order valence-electron chi connectivity index (χ2n) is 5.55. The summed E-state index contributed by atoms with van der Waals surface area (Å²) in [5, 5.41) is 5.49. The van der Waals surface area contributed by atoms with Crippen molar-refractivity contribution in [3.63, 3.8) is 0 Å². The van der Waals surface area contributed by atoms with Gasteiger partial charge in [-0.05, 0) is 24.6 Å². The van der Waals surface area contributed by atoms with Crippen molar-refractivity contribution in [1.82, 2.24) is 9.97 Å². The molecule has 27 heavy (non-hydrogen) atoms. The Morgan fingerprint density at radius 1 is 1.26 bits per heavy atom. The van der Waals surface area contributed by atoms with E-state index < -0.39 is 18.0 Å². The molecule has 0 aliphatic heterocycles. The third-order valence-corrected chi connectivity index (χ3v) is 4.78. The largest absolute Gasteiger partial charge is 0.449 e. The van der Waals surface area contributed by atoms with Crippen LogP contribution in [0.25, 0.3) is 11.3 Å². The molecule has 6 nitrogen and oxygen atoms in total. The molecule has 1 amide bonds. The molecule has 1 atom stereocenters. The van der Waals surface area contributed by atoms with Crippen molar-refractivity contribution in [1.29, 1.82) is 0 Å². The van der Waals surface area contributed by atoms with Gasteiger partial charge < -0.3 is 4.74 Å². The van der Waals surface area contributed by atoms with E-state index in [1.807, 2.05) is 18.2 Å². The molecule has 0 aliphatic carbocycles. The molecule has 138 valence electrons. The Kier molecular flexibility index (Phi) is 6.16. The van der Waals surface area contributed by atoms with Gasteiger partial charge in [0.2, 0.25) is 0 Å². The second-order valence-corrected chi connectivity index (χ2v) is 6.82. The molecule has 1 unspecified atom stereocenters. The van der Waals surface area contributed by atoms with E-state index in [1.54, 1.807) is 36.7 Å². The Labute approximate surface area is 165 Å². The maximum absolute atomic E-state index is 12.5. The van der Waals surface area contributed by atoms with Crippen LogP contribution in [0.2, 0.25) is 5.02 Å². The zero-order valence-electron chi connectivity index (χ0n) is 14.4. The lowest BCUT2D eigenvalue weighted by Crippen LogP contribution is -2.32. The van der Waals surface area contributed by atoms with E-state index >= 15 is 0 Å². The fourth-order valence-electron chi connectivity index (χ4n) is 2.31. The minimum absolute atomic E-state index is 0.291. The van der Waals surface area contributed by atoms with E-state index in [4.69, 9.17) is 16.3 Å². The zero-order valence-corrected chi connectivity index (χ0v) is 16.0. The number of anilines is 1. The van der Waals surface area contributed by atoms with Gasteiger partial charge in [-0.3, -0.25) is 15.1 Å². The molecule has 8 heteroatoms. The fourth-order valence-corrected chi connectivity index (χ4v) is 3.26. The fraction of sp³-hybridized carbons (Fsp3) is 0.158. The van der Waals surface area contributed by atoms with Gasteiger partial charge in [-0.15, -0.1) is 11.3 Å². The SMILES string of the molecule is CCC(OC(=O)c1cccnc1)C(=O)Nc1nc(-c2ccccc2Cl)cs1. The normalized spacial score (nSPS) is 11.6. The number of esters is 1. The van der Waals surface area contributed by atoms with Crippen LogP contribution in [0.4, 0.5) is 5.13 Å². The summed E-state index contributed by atoms with van der Waals surface area (Å²) in [4.78, 5) is 32.8. The maximum atomic E-state index is 12.5. The van der Waals surface area contributed by atoms with Gasteiger partial charge in [0.05, 0.1) is 11.3 Å². The van der Waals surface area contributed by atoms with Crippen LogP contribution in [0.1, 0.15) is 23.7 Å². The number of halogens is 1. The number of carbonyl (C=O) groups is 2. The van der Waals surface area contributed by atoms with Crippen molar-refractivity contribution in [2.45, 2.75) is 19.4 Å². The summed E-state index contributed by atoms with van der Waals surface area (Å²) in [6.07, 6.45) is 2.36. The smallest absolute Gasteiger partial charge is 0.340 e. The van der Waals surface area contributed by atoms with Crippen molar-refractivity contribution >= 4 is 39.9 Å². The van der Waals surface area contributed by atoms with E-state index in [0.717, 1.165) is 5.56 Å². The summed E-state index contributed by atoms with van der Waals surface area (Å²) in [5.74, 6) is -1.03. The highest BCUT2D eigenvalue weighted by atomic mass is 35.5. The number of nitrogens with one attached hydrogen (secondary N) is 1. The van der Waals surface area contributed by atoms with Crippen LogP contribution < -0.4 is 5.32 Å². The minimum Gasteiger partial charge on any atom is -0.449 e. The van der Waals surface area contributed by atoms with Crippen LogP contribution in [0.3, 0.4) is 0 Å². The molecule has 0 bridgehead atoms. The summed E-state index contributed by atoms with van der Waals surface area (Å²) in [6, 6.07) is 10.5. The molecular weight excluding hydrogens is 386 g/mol. The molecule has 3 aromatic rings. The predicted octanol–water partition coefficient (Wildman–Crippen LogP) is 4.43. The number of aromatic nitrogens is 2. The third-order valence-electron chi connectivity index (χ3n) is 3.69. The van der Waals surface area contributed by atoms with Crippen molar-refractivity contribution in [3.05, 3.63) is 64.8 Å². The van der Waals surface area contributed by atoms with Crippen LogP contribution in [0.15, 0.2) is 54.2 Å². The van der Waals surface area contributed by atoms with Crippen molar-refractivity contribution < 1.29 is 14.3 Å². The van der Waals surface area contributed by atoms with Crippen molar-refractivity contribution in [2.75, 3.05) is 5.32 Å². The highest BCUT2D eigenvalue weighted by Crippen LogP contribution is 2.30. The molecule has 0 fully saturated rings. The summed E-state index contributed by atoms with van der Waals surface area (Å²) >= 11 is 7.45. The van der Waals surface area contributed by atoms with Crippen LogP contribution in [-0.4, -0.2) is 27.9 Å². The van der Waals surface area contributed by atoms with Gasteiger partial charge in [0.25, 0.3) is 5.91 Å². The van der Waals surface area contributed by atoms with Crippen LogP contribution in [0.5, 0.6) is 0 Å². The first-order valence-electron chi connectivity index (χ1n) is 8.20. The number of carbonyl (C=O) groups excluding carboxylic acids is 2. The number of ether oxygens (including phenoxy) is 1. The predicted molar refractivity (Wildman–Crippen MR) is 105 cm³/mol. The number of hydrogen-bond acceptors (Lipinski definition) is 6. The average Bonchev–Trinajstić information content (AvgIpc) is 3.15. The van der Waals surface area contributed by atoms with Crippen molar-refractivity contribution in [3.8, 4) is 11.3 Å². The summed E-state index contributed by atoms with van der Waals surface area (Å²) in [6.45, 7) is 1.76.